The molecule has 180 valence electrons. The first-order chi connectivity index (χ1) is 16.4. The average Bonchev–Trinajstić information content (AvgIpc) is 3.20. The lowest BCUT2D eigenvalue weighted by Crippen LogP contribution is -2.29. The van der Waals surface area contributed by atoms with Gasteiger partial charge in [0.1, 0.15) is 11.1 Å². The minimum atomic E-state index is -1.08. The van der Waals surface area contributed by atoms with Crippen molar-refractivity contribution in [1.82, 2.24) is 4.90 Å². The summed E-state index contributed by atoms with van der Waals surface area (Å²) in [4.78, 5) is 27.3. The standard InChI is InChI=1S/C24H25ClIN2O4PS/c1-15-7-9-16(10-8-15)21(30)19-20(24(31)28(2)11-4-12-32-33-26)23(27-14-29)34-22(19)17-5-3-6-18(25)13-17/h3,5-10,13-14,21,30,33H,4,11-12H2,1-2H3,(H,27,29). The van der Waals surface area contributed by atoms with Gasteiger partial charge >= 0.3 is 0 Å². The second-order valence-corrected chi connectivity index (χ2v) is 10.9. The number of amides is 2. The second-order valence-electron chi connectivity index (χ2n) is 7.64. The molecule has 0 aliphatic rings. The summed E-state index contributed by atoms with van der Waals surface area (Å²) in [6.07, 6.45) is 0.140. The maximum atomic E-state index is 13.6. The Morgan fingerprint density at radius 3 is 2.71 bits per heavy atom. The fourth-order valence-corrected chi connectivity index (χ4v) is 5.79. The Morgan fingerprint density at radius 2 is 2.06 bits per heavy atom. The van der Waals surface area contributed by atoms with Gasteiger partial charge in [-0.25, -0.2) is 0 Å². The number of rotatable bonds is 11. The number of benzene rings is 2. The van der Waals surface area contributed by atoms with Crippen LogP contribution in [0.5, 0.6) is 0 Å². The normalized spacial score (nSPS) is 12.1. The van der Waals surface area contributed by atoms with E-state index in [0.717, 1.165) is 11.1 Å². The third-order valence-electron chi connectivity index (χ3n) is 5.24. The van der Waals surface area contributed by atoms with Crippen LogP contribution in [0.3, 0.4) is 0 Å². The molecule has 2 atom stereocenters. The molecule has 2 aromatic carbocycles. The summed E-state index contributed by atoms with van der Waals surface area (Å²) in [5, 5.41) is 15.1. The number of hydrogen-bond acceptors (Lipinski definition) is 5. The number of halogens is 2. The largest absolute Gasteiger partial charge is 0.384 e. The molecule has 0 saturated carbocycles. The van der Waals surface area contributed by atoms with E-state index in [0.29, 0.717) is 58.5 Å². The molecule has 6 nitrogen and oxygen atoms in total. The smallest absolute Gasteiger partial charge is 0.257 e. The quantitative estimate of drug-likeness (QED) is 0.111. The number of nitrogens with zero attached hydrogens (tertiary/aromatic N) is 1. The first kappa shape index (κ1) is 27.0. The third-order valence-corrected chi connectivity index (χ3v) is 7.91. The van der Waals surface area contributed by atoms with Gasteiger partial charge in [-0.1, -0.05) is 53.6 Å². The van der Waals surface area contributed by atoms with Crippen LogP contribution in [0.4, 0.5) is 5.00 Å². The molecule has 0 aliphatic carbocycles. The van der Waals surface area contributed by atoms with Crippen LogP contribution in [0.25, 0.3) is 10.4 Å². The summed E-state index contributed by atoms with van der Waals surface area (Å²) in [6, 6.07) is 14.7. The van der Waals surface area contributed by atoms with Crippen molar-refractivity contribution in [2.75, 3.05) is 25.5 Å². The van der Waals surface area contributed by atoms with Crippen molar-refractivity contribution in [2.24, 2.45) is 0 Å². The van der Waals surface area contributed by atoms with Crippen molar-refractivity contribution in [3.05, 3.63) is 75.8 Å². The van der Waals surface area contributed by atoms with E-state index < -0.39 is 6.10 Å². The number of aryl methyl sites for hydroxylation is 1. The number of nitrogens with one attached hydrogen (secondary N) is 1. The molecular weight excluding hydrogens is 606 g/mol. The lowest BCUT2D eigenvalue weighted by molar-refractivity contribution is -0.105. The van der Waals surface area contributed by atoms with E-state index in [-0.39, 0.29) is 11.5 Å². The van der Waals surface area contributed by atoms with Gasteiger partial charge in [0.25, 0.3) is 5.91 Å². The van der Waals surface area contributed by atoms with Crippen LogP contribution < -0.4 is 5.32 Å². The zero-order chi connectivity index (χ0) is 24.7. The van der Waals surface area contributed by atoms with Gasteiger partial charge in [-0.05, 0) is 58.6 Å². The number of hydrogen-bond donors (Lipinski definition) is 2. The highest BCUT2D eigenvalue weighted by Gasteiger charge is 2.31. The summed E-state index contributed by atoms with van der Waals surface area (Å²) in [5.41, 5.74) is 3.19. The average molecular weight is 631 g/mol. The Hall–Kier alpha value is -1.55. The molecule has 3 rings (SSSR count). The van der Waals surface area contributed by atoms with E-state index >= 15 is 0 Å². The SMILES string of the molecule is Cc1ccc(C(O)c2c(-c3cccc(Cl)c3)sc(NC=O)c2C(=O)N(C)CCCOPI)cc1. The van der Waals surface area contributed by atoms with E-state index in [2.05, 4.69) is 27.4 Å². The maximum absolute atomic E-state index is 13.6. The molecule has 0 saturated heterocycles. The first-order valence-electron chi connectivity index (χ1n) is 10.5. The molecule has 2 N–H and O–H groups in total. The molecule has 0 bridgehead atoms. The van der Waals surface area contributed by atoms with Gasteiger partial charge in [0.15, 0.2) is 0 Å². The molecule has 2 amide bonds. The second kappa shape index (κ2) is 13.0. The monoisotopic (exact) mass is 630 g/mol. The van der Waals surface area contributed by atoms with Gasteiger partial charge in [-0.15, -0.1) is 11.3 Å². The van der Waals surface area contributed by atoms with E-state index in [9.17, 15) is 14.7 Å². The predicted octanol–water partition coefficient (Wildman–Crippen LogP) is 6.45. The summed E-state index contributed by atoms with van der Waals surface area (Å²) >= 11 is 9.65. The predicted molar refractivity (Wildman–Crippen MR) is 150 cm³/mol. The molecule has 0 spiro atoms. The van der Waals surface area contributed by atoms with Crippen LogP contribution in [0.15, 0.2) is 48.5 Å². The Morgan fingerprint density at radius 1 is 1.32 bits per heavy atom. The Balaban J connectivity index is 2.14. The number of aliphatic hydroxyl groups excluding tert-OH is 1. The summed E-state index contributed by atoms with van der Waals surface area (Å²) in [6.45, 7) is 3.36. The van der Waals surface area contributed by atoms with Gasteiger partial charge in [0, 0.05) is 29.1 Å². The van der Waals surface area contributed by atoms with E-state index in [1.54, 1.807) is 24.1 Å². The highest BCUT2D eigenvalue weighted by Crippen LogP contribution is 2.45. The molecule has 1 aromatic heterocycles. The molecule has 0 radical (unpaired) electrons. The molecule has 0 fully saturated rings. The van der Waals surface area contributed by atoms with Crippen molar-refractivity contribution in [3.63, 3.8) is 0 Å². The molecule has 2 unspecified atom stereocenters. The van der Waals surface area contributed by atoms with Gasteiger partial charge in [-0.3, -0.25) is 9.59 Å². The molecule has 34 heavy (non-hydrogen) atoms. The molecule has 10 heteroatoms. The number of carbonyl (C=O) groups is 2. The van der Waals surface area contributed by atoms with E-state index in [4.69, 9.17) is 16.1 Å². The van der Waals surface area contributed by atoms with Gasteiger partial charge in [-0.2, -0.15) is 0 Å². The Kier molecular flexibility index (Phi) is 10.3. The lowest BCUT2D eigenvalue weighted by Gasteiger charge is -2.21. The molecule has 0 aliphatic heterocycles. The summed E-state index contributed by atoms with van der Waals surface area (Å²) < 4.78 is 5.40. The van der Waals surface area contributed by atoms with Crippen LogP contribution in [0, 0.1) is 6.92 Å². The first-order valence-corrected chi connectivity index (χ1v) is 15.7. The zero-order valence-electron chi connectivity index (χ0n) is 18.7. The van der Waals surface area contributed by atoms with Crippen molar-refractivity contribution >= 4 is 68.7 Å². The summed E-state index contributed by atoms with van der Waals surface area (Å²) in [7, 11) is 1.71. The van der Waals surface area contributed by atoms with Crippen molar-refractivity contribution in [2.45, 2.75) is 19.4 Å². The highest BCUT2D eigenvalue weighted by atomic mass is 127. The fourth-order valence-electron chi connectivity index (χ4n) is 3.54. The van der Waals surface area contributed by atoms with Crippen LogP contribution in [0.1, 0.15) is 39.6 Å². The van der Waals surface area contributed by atoms with Crippen LogP contribution in [-0.2, 0) is 9.32 Å². The molecule has 1 heterocycles. The lowest BCUT2D eigenvalue weighted by atomic mass is 9.94. The van der Waals surface area contributed by atoms with Crippen molar-refractivity contribution in [1.29, 1.82) is 0 Å². The fraction of sp³-hybridized carbons (Fsp3) is 0.250. The third kappa shape index (κ3) is 6.56. The van der Waals surface area contributed by atoms with Crippen LogP contribution in [-0.4, -0.2) is 42.5 Å². The topological polar surface area (TPSA) is 78.9 Å². The molecule has 3 aromatic rings. The van der Waals surface area contributed by atoms with Crippen molar-refractivity contribution in [3.8, 4) is 10.4 Å². The van der Waals surface area contributed by atoms with E-state index in [1.165, 1.54) is 11.3 Å². The maximum Gasteiger partial charge on any atom is 0.257 e. The van der Waals surface area contributed by atoms with Crippen LogP contribution in [0.2, 0.25) is 5.02 Å². The Labute approximate surface area is 223 Å². The van der Waals surface area contributed by atoms with Gasteiger partial charge in [0.05, 0.1) is 18.6 Å². The number of thiophene rings is 1. The minimum Gasteiger partial charge on any atom is -0.384 e. The summed E-state index contributed by atoms with van der Waals surface area (Å²) in [5.74, 6) is -0.285. The highest BCUT2D eigenvalue weighted by molar-refractivity contribution is 14.2. The van der Waals surface area contributed by atoms with Gasteiger partial charge in [0.2, 0.25) is 6.41 Å². The number of aliphatic hydroxyl groups is 1. The minimum absolute atomic E-state index is 0.277. The van der Waals surface area contributed by atoms with Crippen molar-refractivity contribution < 1.29 is 19.2 Å². The number of anilines is 1. The van der Waals surface area contributed by atoms with E-state index in [1.807, 2.05) is 43.3 Å². The molecular formula is C24H25ClIN2O4PS. The number of carbonyl (C=O) groups excluding carboxylic acids is 2. The van der Waals surface area contributed by atoms with Crippen LogP contribution >= 0.6 is 51.4 Å². The Bertz CT molecular complexity index is 1140. The zero-order valence-corrected chi connectivity index (χ0v) is 23.4. The van der Waals surface area contributed by atoms with Gasteiger partial charge < -0.3 is 19.8 Å².